The Labute approximate surface area is 183 Å². The predicted molar refractivity (Wildman–Crippen MR) is 111 cm³/mol. The molecule has 1 aliphatic rings. The summed E-state index contributed by atoms with van der Waals surface area (Å²) in [6, 6.07) is 10.3. The average Bonchev–Trinajstić information content (AvgIpc) is 2.72. The van der Waals surface area contributed by atoms with Crippen LogP contribution in [0.5, 0.6) is 0 Å². The van der Waals surface area contributed by atoms with E-state index in [1.807, 2.05) is 0 Å². The van der Waals surface area contributed by atoms with Gasteiger partial charge in [-0.3, -0.25) is 0 Å². The molecule has 1 fully saturated rings. The smallest absolute Gasteiger partial charge is 0.207 e. The summed E-state index contributed by atoms with van der Waals surface area (Å²) in [5, 5.41) is 0. The molecule has 12 heteroatoms. The van der Waals surface area contributed by atoms with Gasteiger partial charge in [0.05, 0.1) is 9.79 Å². The average molecular weight is 495 g/mol. The van der Waals surface area contributed by atoms with Gasteiger partial charge in [0.1, 0.15) is 0 Å². The van der Waals surface area contributed by atoms with Crippen molar-refractivity contribution in [2.75, 3.05) is 13.1 Å². The Balaban J connectivity index is 1.64. The Morgan fingerprint density at radius 1 is 0.839 bits per heavy atom. The first kappa shape index (κ1) is 24.1. The highest BCUT2D eigenvalue weighted by molar-refractivity contribution is 8.00. The third kappa shape index (κ3) is 6.45. The van der Waals surface area contributed by atoms with E-state index in [0.29, 0.717) is 18.7 Å². The number of hydrogen-bond acceptors (Lipinski definition) is 5. The topological polar surface area (TPSA) is 83.5 Å². The fourth-order valence-corrected chi connectivity index (χ4v) is 6.19. The van der Waals surface area contributed by atoms with Gasteiger partial charge < -0.3 is 0 Å². The van der Waals surface area contributed by atoms with Crippen LogP contribution in [0.15, 0.2) is 63.2 Å². The number of thioether (sulfide) groups is 1. The lowest BCUT2D eigenvalue weighted by Crippen LogP contribution is -2.35. The van der Waals surface area contributed by atoms with Crippen molar-refractivity contribution in [3.8, 4) is 0 Å². The highest BCUT2D eigenvalue weighted by atomic mass is 32.2. The van der Waals surface area contributed by atoms with Crippen LogP contribution in [0, 0.1) is 0 Å². The molecule has 0 unspecified atom stereocenters. The van der Waals surface area contributed by atoms with Crippen molar-refractivity contribution in [1.29, 1.82) is 0 Å². The van der Waals surface area contributed by atoms with Gasteiger partial charge in [-0.05, 0) is 66.6 Å². The van der Waals surface area contributed by atoms with Gasteiger partial charge in [-0.15, -0.1) is 0 Å². The number of benzene rings is 2. The van der Waals surface area contributed by atoms with Crippen molar-refractivity contribution in [1.82, 2.24) is 9.03 Å². The molecule has 0 atom stereocenters. The molecule has 1 N–H and O–H groups in total. The normalized spacial score (nSPS) is 16.4. The van der Waals surface area contributed by atoms with Gasteiger partial charge in [0, 0.05) is 24.5 Å². The molecule has 0 aromatic heterocycles. The highest BCUT2D eigenvalue weighted by Crippen LogP contribution is 2.36. The molecule has 1 saturated heterocycles. The molecule has 0 spiro atoms. The van der Waals surface area contributed by atoms with Crippen LogP contribution in [0.2, 0.25) is 0 Å². The zero-order valence-corrected chi connectivity index (χ0v) is 18.7. The second-order valence-electron chi connectivity index (χ2n) is 6.95. The van der Waals surface area contributed by atoms with E-state index in [4.69, 9.17) is 0 Å². The van der Waals surface area contributed by atoms with Crippen molar-refractivity contribution < 1.29 is 30.0 Å². The Bertz CT molecular complexity index is 1100. The molecule has 2 aromatic rings. The van der Waals surface area contributed by atoms with Crippen molar-refractivity contribution >= 4 is 31.8 Å². The van der Waals surface area contributed by atoms with Crippen molar-refractivity contribution in [2.24, 2.45) is 0 Å². The summed E-state index contributed by atoms with van der Waals surface area (Å²) >= 11 is -0.324. The first-order valence-electron chi connectivity index (χ1n) is 9.42. The van der Waals surface area contributed by atoms with E-state index in [1.165, 1.54) is 28.6 Å². The van der Waals surface area contributed by atoms with E-state index >= 15 is 0 Å². The largest absolute Gasteiger partial charge is 0.446 e. The first-order valence-corrected chi connectivity index (χ1v) is 13.2. The number of alkyl halides is 3. The van der Waals surface area contributed by atoms with E-state index < -0.39 is 25.6 Å². The lowest BCUT2D eigenvalue weighted by molar-refractivity contribution is -0.0328. The zero-order valence-electron chi connectivity index (χ0n) is 16.3. The monoisotopic (exact) mass is 494 g/mol. The molecule has 2 aromatic carbocycles. The fraction of sp³-hybridized carbons (Fsp3) is 0.368. The molecule has 0 amide bonds. The maximum atomic E-state index is 12.7. The van der Waals surface area contributed by atoms with Crippen LogP contribution < -0.4 is 4.72 Å². The minimum absolute atomic E-state index is 0.0918. The quantitative estimate of drug-likeness (QED) is 0.590. The number of rotatable bonds is 7. The minimum atomic E-state index is -4.45. The minimum Gasteiger partial charge on any atom is -0.207 e. The van der Waals surface area contributed by atoms with Crippen LogP contribution in [0.4, 0.5) is 13.2 Å². The van der Waals surface area contributed by atoms with Gasteiger partial charge in [-0.2, -0.15) is 17.5 Å². The molecular formula is C19H21F3N2O4S3. The molecule has 0 saturated carbocycles. The molecule has 0 aliphatic carbocycles. The van der Waals surface area contributed by atoms with Gasteiger partial charge in [-0.25, -0.2) is 21.6 Å². The second kappa shape index (κ2) is 9.49. The number of nitrogens with zero attached hydrogens (tertiary/aromatic N) is 1. The highest BCUT2D eigenvalue weighted by Gasteiger charge is 2.29. The van der Waals surface area contributed by atoms with E-state index in [0.717, 1.165) is 43.5 Å². The number of piperidine rings is 1. The molecule has 170 valence electrons. The van der Waals surface area contributed by atoms with Gasteiger partial charge in [0.25, 0.3) is 0 Å². The summed E-state index contributed by atoms with van der Waals surface area (Å²) in [5.74, 6) is 0. The number of halogens is 3. The van der Waals surface area contributed by atoms with Crippen LogP contribution in [-0.4, -0.2) is 39.7 Å². The Hall–Kier alpha value is -1.60. The third-order valence-corrected chi connectivity index (χ3v) is 8.78. The summed E-state index contributed by atoms with van der Waals surface area (Å²) in [7, 11) is -7.51. The lowest BCUT2D eigenvalue weighted by Gasteiger charge is -2.25. The van der Waals surface area contributed by atoms with Gasteiger partial charge in [-0.1, -0.05) is 18.6 Å². The van der Waals surface area contributed by atoms with Gasteiger partial charge >= 0.3 is 5.51 Å². The van der Waals surface area contributed by atoms with E-state index in [1.54, 1.807) is 0 Å². The summed E-state index contributed by atoms with van der Waals surface area (Å²) in [6.07, 6.45) is 2.67. The summed E-state index contributed by atoms with van der Waals surface area (Å²) in [5.41, 5.74) is -3.91. The zero-order chi connectivity index (χ0) is 22.7. The fourth-order valence-electron chi connectivity index (χ4n) is 3.12. The van der Waals surface area contributed by atoms with E-state index in [2.05, 4.69) is 4.72 Å². The maximum Gasteiger partial charge on any atom is 0.446 e. The standard InChI is InChI=1S/C19H21F3N2O4S3/c20-19(21,22)29-16-6-10-17(11-7-16)30(25,26)23-14-15-4-8-18(9-5-15)31(27,28)24-12-2-1-3-13-24/h4-11,23H,1-3,12-14H2. The van der Waals surface area contributed by atoms with Crippen LogP contribution >= 0.6 is 11.8 Å². The summed E-state index contributed by atoms with van der Waals surface area (Å²) < 4.78 is 91.1. The number of hydrogen-bond donors (Lipinski definition) is 1. The van der Waals surface area contributed by atoms with Crippen LogP contribution in [0.1, 0.15) is 24.8 Å². The number of sulfonamides is 2. The molecular weight excluding hydrogens is 473 g/mol. The molecule has 0 bridgehead atoms. The van der Waals surface area contributed by atoms with E-state index in [-0.39, 0.29) is 33.0 Å². The molecule has 31 heavy (non-hydrogen) atoms. The second-order valence-corrected chi connectivity index (χ2v) is 11.8. The molecule has 3 rings (SSSR count). The summed E-state index contributed by atoms with van der Waals surface area (Å²) in [6.45, 7) is 0.889. The van der Waals surface area contributed by atoms with Crippen LogP contribution in [-0.2, 0) is 26.6 Å². The van der Waals surface area contributed by atoms with Crippen molar-refractivity contribution in [3.63, 3.8) is 0 Å². The predicted octanol–water partition coefficient (Wildman–Crippen LogP) is 3.95. The maximum absolute atomic E-state index is 12.7. The molecule has 1 heterocycles. The van der Waals surface area contributed by atoms with Crippen LogP contribution in [0.3, 0.4) is 0 Å². The van der Waals surface area contributed by atoms with Gasteiger partial charge in [0.15, 0.2) is 0 Å². The number of nitrogens with one attached hydrogen (secondary N) is 1. The third-order valence-electron chi connectivity index (χ3n) is 4.71. The Morgan fingerprint density at radius 3 is 1.94 bits per heavy atom. The molecule has 1 aliphatic heterocycles. The Kier molecular flexibility index (Phi) is 7.36. The van der Waals surface area contributed by atoms with E-state index in [9.17, 15) is 30.0 Å². The van der Waals surface area contributed by atoms with Crippen LogP contribution in [0.25, 0.3) is 0 Å². The molecule has 6 nitrogen and oxygen atoms in total. The first-order chi connectivity index (χ1) is 14.5. The lowest BCUT2D eigenvalue weighted by atomic mass is 10.2. The molecule has 0 radical (unpaired) electrons. The SMILES string of the molecule is O=S(=O)(NCc1ccc(S(=O)(=O)N2CCCCC2)cc1)c1ccc(SC(F)(F)F)cc1. The summed E-state index contributed by atoms with van der Waals surface area (Å²) in [4.78, 5) is -0.126. The van der Waals surface area contributed by atoms with Crippen molar-refractivity contribution in [2.45, 2.75) is 46.0 Å². The van der Waals surface area contributed by atoms with Gasteiger partial charge in [0.2, 0.25) is 20.0 Å². The van der Waals surface area contributed by atoms with Crippen molar-refractivity contribution in [3.05, 3.63) is 54.1 Å². The Morgan fingerprint density at radius 2 is 1.39 bits per heavy atom.